The van der Waals surface area contributed by atoms with E-state index in [0.29, 0.717) is 22.7 Å². The van der Waals surface area contributed by atoms with Crippen LogP contribution in [0, 0.1) is 5.82 Å². The Bertz CT molecular complexity index is 773. The fourth-order valence-electron chi connectivity index (χ4n) is 1.78. The number of anilines is 1. The van der Waals surface area contributed by atoms with Crippen LogP contribution < -0.4 is 11.3 Å². The summed E-state index contributed by atoms with van der Waals surface area (Å²) in [5, 5.41) is 2.67. The highest BCUT2D eigenvalue weighted by Gasteiger charge is 2.06. The van der Waals surface area contributed by atoms with Gasteiger partial charge in [0.2, 0.25) is 0 Å². The molecule has 0 aliphatic heterocycles. The lowest BCUT2D eigenvalue weighted by atomic mass is 10.1. The van der Waals surface area contributed by atoms with E-state index >= 15 is 0 Å². The van der Waals surface area contributed by atoms with Gasteiger partial charge in [-0.25, -0.2) is 9.37 Å². The Morgan fingerprint density at radius 2 is 1.94 bits per heavy atom. The molecule has 18 heavy (non-hydrogen) atoms. The number of nitrogens with two attached hydrogens (primary N) is 1. The summed E-state index contributed by atoms with van der Waals surface area (Å²) in [5.74, 6) is 0.0262. The summed E-state index contributed by atoms with van der Waals surface area (Å²) >= 11 is 0. The first-order chi connectivity index (χ1) is 8.63. The van der Waals surface area contributed by atoms with E-state index in [-0.39, 0.29) is 11.4 Å². The Labute approximate surface area is 101 Å². The number of hydrogen-bond donors (Lipinski definition) is 2. The van der Waals surface area contributed by atoms with Gasteiger partial charge in [0.25, 0.3) is 5.56 Å². The van der Waals surface area contributed by atoms with E-state index in [1.165, 1.54) is 22.7 Å². The molecule has 0 atom stereocenters. The summed E-state index contributed by atoms with van der Waals surface area (Å²) in [7, 11) is 0. The molecule has 0 saturated heterocycles. The molecule has 3 aromatic rings. The molecular formula is C12H9FN4O. The number of nitrogen functional groups attached to an aromatic ring is 1. The van der Waals surface area contributed by atoms with E-state index in [1.807, 2.05) is 0 Å². The number of nitrogens with zero attached hydrogens (tertiary/aromatic N) is 2. The van der Waals surface area contributed by atoms with Gasteiger partial charge in [-0.2, -0.15) is 4.52 Å². The normalized spacial score (nSPS) is 10.9. The summed E-state index contributed by atoms with van der Waals surface area (Å²) in [5.41, 5.74) is 6.89. The molecule has 0 bridgehead atoms. The number of nitrogens with one attached hydrogen (secondary N) is 1. The van der Waals surface area contributed by atoms with Crippen molar-refractivity contribution in [3.63, 3.8) is 0 Å². The minimum absolute atomic E-state index is 0.268. The lowest BCUT2D eigenvalue weighted by Crippen LogP contribution is -2.14. The van der Waals surface area contributed by atoms with Crippen molar-refractivity contribution in [2.45, 2.75) is 0 Å². The molecule has 0 spiro atoms. The summed E-state index contributed by atoms with van der Waals surface area (Å²) in [6, 6.07) is 8.73. The summed E-state index contributed by atoms with van der Waals surface area (Å²) in [6.45, 7) is 0. The highest BCUT2D eigenvalue weighted by Crippen LogP contribution is 2.17. The van der Waals surface area contributed by atoms with Crippen LogP contribution in [0.2, 0.25) is 0 Å². The molecule has 2 aromatic heterocycles. The first kappa shape index (κ1) is 10.5. The predicted octanol–water partition coefficient (Wildman–Crippen LogP) is 1.41. The molecule has 2 heterocycles. The molecule has 0 saturated carbocycles. The van der Waals surface area contributed by atoms with Gasteiger partial charge in [0.05, 0.1) is 5.69 Å². The minimum atomic E-state index is -0.331. The Kier molecular flexibility index (Phi) is 2.16. The molecule has 5 nitrogen and oxygen atoms in total. The first-order valence-corrected chi connectivity index (χ1v) is 5.28. The number of halogens is 1. The van der Waals surface area contributed by atoms with E-state index in [4.69, 9.17) is 5.73 Å². The third-order valence-corrected chi connectivity index (χ3v) is 2.61. The second-order valence-corrected chi connectivity index (χ2v) is 3.89. The van der Waals surface area contributed by atoms with Crippen LogP contribution in [0.4, 0.5) is 10.2 Å². The Morgan fingerprint density at radius 1 is 1.22 bits per heavy atom. The molecule has 0 amide bonds. The van der Waals surface area contributed by atoms with Gasteiger partial charge in [-0.3, -0.25) is 9.89 Å². The summed E-state index contributed by atoms with van der Waals surface area (Å²) in [6.07, 6.45) is 0. The van der Waals surface area contributed by atoms with Crippen molar-refractivity contribution in [1.29, 1.82) is 0 Å². The van der Waals surface area contributed by atoms with Crippen molar-refractivity contribution in [2.75, 3.05) is 5.73 Å². The number of fused-ring (bicyclic) bond motifs is 1. The van der Waals surface area contributed by atoms with E-state index in [1.54, 1.807) is 18.2 Å². The fourth-order valence-corrected chi connectivity index (χ4v) is 1.78. The maximum Gasteiger partial charge on any atom is 0.273 e. The number of rotatable bonds is 1. The average Bonchev–Trinajstić information content (AvgIpc) is 2.71. The third-order valence-electron chi connectivity index (χ3n) is 2.61. The van der Waals surface area contributed by atoms with Crippen LogP contribution in [0.25, 0.3) is 16.9 Å². The van der Waals surface area contributed by atoms with Crippen LogP contribution in [-0.4, -0.2) is 14.6 Å². The SMILES string of the molecule is Nc1cc2nc(-c3ccc(F)cc3)cc(=O)n2[nH]1. The van der Waals surface area contributed by atoms with Gasteiger partial charge >= 0.3 is 0 Å². The maximum absolute atomic E-state index is 12.8. The van der Waals surface area contributed by atoms with Crippen LogP contribution >= 0.6 is 0 Å². The zero-order chi connectivity index (χ0) is 12.7. The predicted molar refractivity (Wildman–Crippen MR) is 65.6 cm³/mol. The monoisotopic (exact) mass is 244 g/mol. The molecule has 6 heteroatoms. The molecular weight excluding hydrogens is 235 g/mol. The van der Waals surface area contributed by atoms with Crippen LogP contribution in [0.1, 0.15) is 0 Å². The maximum atomic E-state index is 12.8. The van der Waals surface area contributed by atoms with Crippen molar-refractivity contribution < 1.29 is 4.39 Å². The van der Waals surface area contributed by atoms with Crippen LogP contribution in [-0.2, 0) is 0 Å². The zero-order valence-corrected chi connectivity index (χ0v) is 9.22. The second kappa shape index (κ2) is 3.69. The highest BCUT2D eigenvalue weighted by atomic mass is 19.1. The lowest BCUT2D eigenvalue weighted by Gasteiger charge is -2.00. The second-order valence-electron chi connectivity index (χ2n) is 3.89. The molecule has 0 fully saturated rings. The summed E-state index contributed by atoms with van der Waals surface area (Å²) in [4.78, 5) is 16.1. The van der Waals surface area contributed by atoms with E-state index in [0.717, 1.165) is 0 Å². The average molecular weight is 244 g/mol. The van der Waals surface area contributed by atoms with Gasteiger partial charge in [-0.1, -0.05) is 0 Å². The number of aromatic nitrogens is 3. The van der Waals surface area contributed by atoms with Crippen molar-refractivity contribution >= 4 is 11.5 Å². The van der Waals surface area contributed by atoms with Gasteiger partial charge in [0.15, 0.2) is 5.65 Å². The topological polar surface area (TPSA) is 76.2 Å². The standard InChI is InChI=1S/C12H9FN4O/c13-8-3-1-7(2-4-8)9-5-12(18)17-11(15-9)6-10(14)16-17/h1-6,16H,14H2. The van der Waals surface area contributed by atoms with Crippen molar-refractivity contribution in [1.82, 2.24) is 14.6 Å². The summed E-state index contributed by atoms with van der Waals surface area (Å²) < 4.78 is 14.1. The minimum Gasteiger partial charge on any atom is -0.384 e. The molecule has 3 N–H and O–H groups in total. The fraction of sp³-hybridized carbons (Fsp3) is 0. The Hall–Kier alpha value is -2.63. The Balaban J connectivity index is 2.24. The van der Waals surface area contributed by atoms with Gasteiger partial charge in [0.1, 0.15) is 11.6 Å². The van der Waals surface area contributed by atoms with E-state index < -0.39 is 0 Å². The molecule has 0 radical (unpaired) electrons. The van der Waals surface area contributed by atoms with Crippen molar-refractivity contribution in [3.05, 3.63) is 52.6 Å². The number of aromatic amines is 1. The first-order valence-electron chi connectivity index (χ1n) is 5.28. The van der Waals surface area contributed by atoms with Gasteiger partial charge in [-0.05, 0) is 24.3 Å². The van der Waals surface area contributed by atoms with Gasteiger partial charge < -0.3 is 5.73 Å². The number of H-pyrrole nitrogens is 1. The van der Waals surface area contributed by atoms with E-state index in [2.05, 4.69) is 10.1 Å². The largest absolute Gasteiger partial charge is 0.384 e. The molecule has 0 aliphatic rings. The van der Waals surface area contributed by atoms with Gasteiger partial charge in [-0.15, -0.1) is 0 Å². The Morgan fingerprint density at radius 3 is 2.67 bits per heavy atom. The lowest BCUT2D eigenvalue weighted by molar-refractivity contribution is 0.628. The number of hydrogen-bond acceptors (Lipinski definition) is 3. The molecule has 0 aliphatic carbocycles. The quantitative estimate of drug-likeness (QED) is 0.679. The zero-order valence-electron chi connectivity index (χ0n) is 9.22. The van der Waals surface area contributed by atoms with Crippen LogP contribution in [0.3, 0.4) is 0 Å². The highest BCUT2D eigenvalue weighted by molar-refractivity contribution is 5.62. The number of benzene rings is 1. The van der Waals surface area contributed by atoms with Crippen LogP contribution in [0.5, 0.6) is 0 Å². The van der Waals surface area contributed by atoms with E-state index in [9.17, 15) is 9.18 Å². The van der Waals surface area contributed by atoms with Gasteiger partial charge in [0, 0.05) is 17.7 Å². The molecule has 0 unspecified atom stereocenters. The van der Waals surface area contributed by atoms with Crippen molar-refractivity contribution in [2.24, 2.45) is 0 Å². The van der Waals surface area contributed by atoms with Crippen LogP contribution in [0.15, 0.2) is 41.2 Å². The molecule has 3 rings (SSSR count). The smallest absolute Gasteiger partial charge is 0.273 e. The molecule has 90 valence electrons. The third kappa shape index (κ3) is 1.64. The molecule has 1 aromatic carbocycles. The van der Waals surface area contributed by atoms with Crippen molar-refractivity contribution in [3.8, 4) is 11.3 Å².